The number of aromatic hydroxyl groups is 1. The summed E-state index contributed by atoms with van der Waals surface area (Å²) in [5.74, 6) is -3.65. The third-order valence-electron chi connectivity index (χ3n) is 4.34. The molecule has 0 radical (unpaired) electrons. The molecule has 11 nitrogen and oxygen atoms in total. The molecular formula is C19H28N4O7S. The molecule has 3 amide bonds. The van der Waals surface area contributed by atoms with Crippen LogP contribution in [0.4, 0.5) is 0 Å². The standard InChI is InChI=1S/C19H28N4O7S/c1-9(21-17(27)13(20)7-11-3-5-12(25)6-4-11)16(26)22-14(8-31)18(28)23-15(10(2)24)19(29)30/h3-6,9-10,13-15,24-25,31H,7-8,20H2,1-2H3,(H,21,27)(H,22,26)(H,23,28)(H,29,30). The first-order chi connectivity index (χ1) is 14.5. The molecule has 8 N–H and O–H groups in total. The van der Waals surface area contributed by atoms with E-state index in [9.17, 15) is 29.4 Å². The van der Waals surface area contributed by atoms with Crippen molar-refractivity contribution < 1.29 is 34.5 Å². The molecule has 0 aliphatic carbocycles. The zero-order chi connectivity index (χ0) is 23.7. The van der Waals surface area contributed by atoms with Gasteiger partial charge in [-0.05, 0) is 38.0 Å². The Hall–Kier alpha value is -2.83. The van der Waals surface area contributed by atoms with Crippen LogP contribution in [0, 0.1) is 0 Å². The zero-order valence-corrected chi connectivity index (χ0v) is 18.0. The molecular weight excluding hydrogens is 428 g/mol. The van der Waals surface area contributed by atoms with Crippen LogP contribution in [-0.4, -0.2) is 75.0 Å². The van der Waals surface area contributed by atoms with Crippen LogP contribution < -0.4 is 21.7 Å². The SMILES string of the molecule is CC(NC(=O)C(N)Cc1ccc(O)cc1)C(=O)NC(CS)C(=O)NC(C(=O)O)C(C)O. The lowest BCUT2D eigenvalue weighted by Gasteiger charge is -2.23. The number of thiol groups is 1. The van der Waals surface area contributed by atoms with Gasteiger partial charge in [0.1, 0.15) is 17.8 Å². The fourth-order valence-corrected chi connectivity index (χ4v) is 2.76. The minimum Gasteiger partial charge on any atom is -0.508 e. The maximum absolute atomic E-state index is 12.4. The van der Waals surface area contributed by atoms with Gasteiger partial charge in [0.15, 0.2) is 6.04 Å². The van der Waals surface area contributed by atoms with Gasteiger partial charge in [-0.25, -0.2) is 4.79 Å². The summed E-state index contributed by atoms with van der Waals surface area (Å²) in [6.07, 6.45) is -1.18. The van der Waals surface area contributed by atoms with Crippen molar-refractivity contribution in [2.45, 2.75) is 50.5 Å². The van der Waals surface area contributed by atoms with E-state index in [1.807, 2.05) is 0 Å². The molecule has 1 aromatic rings. The average molecular weight is 457 g/mol. The number of rotatable bonds is 11. The molecule has 0 fully saturated rings. The predicted molar refractivity (Wildman–Crippen MR) is 114 cm³/mol. The Balaban J connectivity index is 2.63. The Morgan fingerprint density at radius 2 is 1.58 bits per heavy atom. The van der Waals surface area contributed by atoms with E-state index in [2.05, 4.69) is 28.6 Å². The molecule has 0 saturated heterocycles. The minimum absolute atomic E-state index is 0.0815. The van der Waals surface area contributed by atoms with Gasteiger partial charge in [-0.3, -0.25) is 14.4 Å². The van der Waals surface area contributed by atoms with Crippen LogP contribution in [-0.2, 0) is 25.6 Å². The topological polar surface area (TPSA) is 191 Å². The third kappa shape index (κ3) is 8.44. The number of nitrogens with two attached hydrogens (primary N) is 1. The van der Waals surface area contributed by atoms with Gasteiger partial charge in [-0.1, -0.05) is 12.1 Å². The van der Waals surface area contributed by atoms with E-state index in [1.165, 1.54) is 26.0 Å². The van der Waals surface area contributed by atoms with Crippen LogP contribution in [0.5, 0.6) is 5.75 Å². The second-order valence-electron chi connectivity index (χ2n) is 7.02. The fourth-order valence-electron chi connectivity index (χ4n) is 2.50. The van der Waals surface area contributed by atoms with Gasteiger partial charge < -0.3 is 37.0 Å². The molecule has 5 unspecified atom stereocenters. The molecule has 0 aromatic heterocycles. The van der Waals surface area contributed by atoms with Gasteiger partial charge in [-0.2, -0.15) is 12.6 Å². The van der Waals surface area contributed by atoms with Crippen molar-refractivity contribution in [3.05, 3.63) is 29.8 Å². The maximum atomic E-state index is 12.4. The number of carbonyl (C=O) groups excluding carboxylic acids is 3. The molecule has 172 valence electrons. The van der Waals surface area contributed by atoms with Crippen LogP contribution in [0.15, 0.2) is 24.3 Å². The number of amides is 3. The van der Waals surface area contributed by atoms with Gasteiger partial charge in [0.25, 0.3) is 0 Å². The lowest BCUT2D eigenvalue weighted by Crippen LogP contribution is -2.58. The van der Waals surface area contributed by atoms with Gasteiger partial charge >= 0.3 is 5.97 Å². The summed E-state index contributed by atoms with van der Waals surface area (Å²) in [6, 6.07) is 1.42. The molecule has 0 aliphatic rings. The van der Waals surface area contributed by atoms with Crippen LogP contribution >= 0.6 is 12.6 Å². The van der Waals surface area contributed by atoms with E-state index in [0.29, 0.717) is 0 Å². The van der Waals surface area contributed by atoms with Crippen LogP contribution in [0.2, 0.25) is 0 Å². The Labute approximate surface area is 184 Å². The van der Waals surface area contributed by atoms with Crippen molar-refractivity contribution in [1.29, 1.82) is 0 Å². The number of hydrogen-bond donors (Lipinski definition) is 8. The van der Waals surface area contributed by atoms with Crippen molar-refractivity contribution >= 4 is 36.3 Å². The maximum Gasteiger partial charge on any atom is 0.328 e. The van der Waals surface area contributed by atoms with Crippen LogP contribution in [0.3, 0.4) is 0 Å². The number of benzene rings is 1. The molecule has 0 aliphatic heterocycles. The van der Waals surface area contributed by atoms with E-state index in [0.717, 1.165) is 5.56 Å². The van der Waals surface area contributed by atoms with E-state index in [1.54, 1.807) is 12.1 Å². The van der Waals surface area contributed by atoms with Crippen molar-refractivity contribution in [3.8, 4) is 5.75 Å². The van der Waals surface area contributed by atoms with E-state index in [-0.39, 0.29) is 17.9 Å². The van der Waals surface area contributed by atoms with Crippen molar-refractivity contribution in [3.63, 3.8) is 0 Å². The number of phenolic OH excluding ortho intramolecular Hbond substituents is 1. The highest BCUT2D eigenvalue weighted by Crippen LogP contribution is 2.11. The number of carbonyl (C=O) groups is 4. The van der Waals surface area contributed by atoms with Gasteiger partial charge in [-0.15, -0.1) is 0 Å². The number of phenols is 1. The number of aliphatic carboxylic acids is 1. The quantitative estimate of drug-likeness (QED) is 0.178. The number of aliphatic hydroxyl groups excluding tert-OH is 1. The summed E-state index contributed by atoms with van der Waals surface area (Å²) in [6.45, 7) is 2.59. The fraction of sp³-hybridized carbons (Fsp3) is 0.474. The van der Waals surface area contributed by atoms with E-state index < -0.39 is 54.0 Å². The lowest BCUT2D eigenvalue weighted by molar-refractivity contribution is -0.145. The largest absolute Gasteiger partial charge is 0.508 e. The molecule has 0 saturated carbocycles. The first-order valence-electron chi connectivity index (χ1n) is 9.42. The number of aliphatic hydroxyl groups is 1. The second-order valence-corrected chi connectivity index (χ2v) is 7.38. The molecule has 0 bridgehead atoms. The summed E-state index contributed by atoms with van der Waals surface area (Å²) in [5, 5.41) is 34.7. The highest BCUT2D eigenvalue weighted by Gasteiger charge is 2.30. The number of carboxylic acids is 1. The Morgan fingerprint density at radius 1 is 1.00 bits per heavy atom. The summed E-state index contributed by atoms with van der Waals surface area (Å²) >= 11 is 3.98. The van der Waals surface area contributed by atoms with E-state index in [4.69, 9.17) is 10.8 Å². The van der Waals surface area contributed by atoms with Gasteiger partial charge in [0.05, 0.1) is 12.1 Å². The summed E-state index contributed by atoms with van der Waals surface area (Å²) in [5.41, 5.74) is 6.58. The molecule has 12 heteroatoms. The molecule has 0 spiro atoms. The normalized spacial score (nSPS) is 15.6. The van der Waals surface area contributed by atoms with Gasteiger partial charge in [0, 0.05) is 5.75 Å². The molecule has 5 atom stereocenters. The molecule has 31 heavy (non-hydrogen) atoms. The smallest absolute Gasteiger partial charge is 0.328 e. The van der Waals surface area contributed by atoms with Crippen molar-refractivity contribution in [2.75, 3.05) is 5.75 Å². The highest BCUT2D eigenvalue weighted by atomic mass is 32.1. The van der Waals surface area contributed by atoms with Crippen molar-refractivity contribution in [2.24, 2.45) is 5.73 Å². The minimum atomic E-state index is -1.55. The summed E-state index contributed by atoms with van der Waals surface area (Å²) < 4.78 is 0. The number of nitrogens with one attached hydrogen (secondary N) is 3. The van der Waals surface area contributed by atoms with E-state index >= 15 is 0 Å². The number of hydrogen-bond acceptors (Lipinski definition) is 8. The van der Waals surface area contributed by atoms with Crippen molar-refractivity contribution in [1.82, 2.24) is 16.0 Å². The van der Waals surface area contributed by atoms with Crippen LogP contribution in [0.1, 0.15) is 19.4 Å². The second kappa shape index (κ2) is 12.1. The molecule has 1 rings (SSSR count). The Morgan fingerprint density at radius 3 is 2.06 bits per heavy atom. The third-order valence-corrected chi connectivity index (χ3v) is 4.71. The van der Waals surface area contributed by atoms with Gasteiger partial charge in [0.2, 0.25) is 17.7 Å². The summed E-state index contributed by atoms with van der Waals surface area (Å²) in [7, 11) is 0. The molecule has 1 aromatic carbocycles. The Kier molecular flexibility index (Phi) is 10.3. The monoisotopic (exact) mass is 456 g/mol. The predicted octanol–water partition coefficient (Wildman–Crippen LogP) is -1.87. The zero-order valence-electron chi connectivity index (χ0n) is 17.1. The highest BCUT2D eigenvalue weighted by molar-refractivity contribution is 7.80. The molecule has 0 heterocycles. The summed E-state index contributed by atoms with van der Waals surface area (Å²) in [4.78, 5) is 47.9. The first kappa shape index (κ1) is 26.2. The first-order valence-corrected chi connectivity index (χ1v) is 10.1. The lowest BCUT2D eigenvalue weighted by atomic mass is 10.1. The number of carboxylic acid groups (broad SMARTS) is 1. The Bertz CT molecular complexity index is 788. The average Bonchev–Trinajstić information content (AvgIpc) is 2.70. The van der Waals surface area contributed by atoms with Crippen LogP contribution in [0.25, 0.3) is 0 Å².